The average molecular weight is 360 g/mol. The summed E-state index contributed by atoms with van der Waals surface area (Å²) in [4.78, 5) is 24.2. The number of likely N-dealkylation sites (N-methyl/N-ethyl adjacent to an activating group) is 1. The quantitative estimate of drug-likeness (QED) is 0.689. The number of carboxylic acid groups (broad SMARTS) is 1. The number of hydrogen-bond donors (Lipinski definition) is 2. The zero-order chi connectivity index (χ0) is 18.3. The number of benzene rings is 1. The second kappa shape index (κ2) is 8.74. The summed E-state index contributed by atoms with van der Waals surface area (Å²) in [6, 6.07) is 3.23. The molecule has 0 aliphatic rings. The third kappa shape index (κ3) is 5.57. The average Bonchev–Trinajstić information content (AvgIpc) is 2.53. The van der Waals surface area contributed by atoms with Crippen molar-refractivity contribution in [2.75, 3.05) is 13.1 Å². The van der Waals surface area contributed by atoms with Crippen LogP contribution in [0.2, 0.25) is 0 Å². The van der Waals surface area contributed by atoms with Gasteiger partial charge < -0.3 is 10.0 Å². The molecule has 1 atom stereocenters. The second-order valence-corrected chi connectivity index (χ2v) is 6.81. The lowest BCUT2D eigenvalue weighted by Gasteiger charge is -2.25. The number of nitrogens with zero attached hydrogens (tertiary/aromatic N) is 1. The van der Waals surface area contributed by atoms with Crippen LogP contribution in [0.3, 0.4) is 0 Å². The molecule has 0 saturated heterocycles. The minimum absolute atomic E-state index is 0.000553. The van der Waals surface area contributed by atoms with Crippen LogP contribution in [0.15, 0.2) is 29.2 Å². The number of hydrogen-bond acceptors (Lipinski definition) is 4. The summed E-state index contributed by atoms with van der Waals surface area (Å²) in [5, 5.41) is 8.71. The van der Waals surface area contributed by atoms with Crippen LogP contribution in [0, 0.1) is 5.82 Å². The van der Waals surface area contributed by atoms with Crippen LogP contribution in [0.25, 0.3) is 0 Å². The molecule has 0 spiro atoms. The fourth-order valence-electron chi connectivity index (χ4n) is 2.05. The topological polar surface area (TPSA) is 104 Å². The molecule has 1 amide bonds. The molecular weight excluding hydrogens is 339 g/mol. The van der Waals surface area contributed by atoms with Gasteiger partial charge >= 0.3 is 5.97 Å². The largest absolute Gasteiger partial charge is 0.481 e. The lowest BCUT2D eigenvalue weighted by molar-refractivity contribution is -0.138. The van der Waals surface area contributed by atoms with Gasteiger partial charge in [-0.1, -0.05) is 6.92 Å². The standard InChI is InChI=1S/C15H21FN2O5S/c1-3-13(15(21)18(4-2)10-9-14(19)20)17-24(22,23)12-7-5-11(16)6-8-12/h5-8,13,17H,3-4,9-10H2,1-2H3,(H,19,20). The van der Waals surface area contributed by atoms with Crippen molar-refractivity contribution in [1.82, 2.24) is 9.62 Å². The highest BCUT2D eigenvalue weighted by Gasteiger charge is 2.27. The van der Waals surface area contributed by atoms with Gasteiger partial charge in [0.05, 0.1) is 11.3 Å². The number of sulfonamides is 1. The van der Waals surface area contributed by atoms with Crippen LogP contribution in [0.4, 0.5) is 4.39 Å². The number of rotatable bonds is 9. The van der Waals surface area contributed by atoms with Gasteiger partial charge in [0.15, 0.2) is 0 Å². The summed E-state index contributed by atoms with van der Waals surface area (Å²) in [6.07, 6.45) is -0.0243. The monoisotopic (exact) mass is 360 g/mol. The Morgan fingerprint density at radius 3 is 2.29 bits per heavy atom. The second-order valence-electron chi connectivity index (χ2n) is 5.10. The molecule has 9 heteroatoms. The molecule has 2 N–H and O–H groups in total. The predicted octanol–water partition coefficient (Wildman–Crippen LogP) is 1.21. The Labute approximate surface area is 140 Å². The summed E-state index contributed by atoms with van der Waals surface area (Å²) in [6.45, 7) is 3.59. The van der Waals surface area contributed by atoms with Gasteiger partial charge in [-0.2, -0.15) is 4.72 Å². The maximum Gasteiger partial charge on any atom is 0.305 e. The summed E-state index contributed by atoms with van der Waals surface area (Å²) < 4.78 is 39.8. The minimum Gasteiger partial charge on any atom is -0.481 e. The first-order valence-electron chi connectivity index (χ1n) is 7.49. The van der Waals surface area contributed by atoms with Crippen LogP contribution in [0.5, 0.6) is 0 Å². The van der Waals surface area contributed by atoms with E-state index in [1.54, 1.807) is 13.8 Å². The van der Waals surface area contributed by atoms with E-state index in [0.29, 0.717) is 0 Å². The first-order chi connectivity index (χ1) is 11.2. The van der Waals surface area contributed by atoms with E-state index in [0.717, 1.165) is 24.3 Å². The molecule has 134 valence electrons. The molecule has 0 bridgehead atoms. The van der Waals surface area contributed by atoms with Crippen molar-refractivity contribution in [2.24, 2.45) is 0 Å². The number of carbonyl (C=O) groups excluding carboxylic acids is 1. The van der Waals surface area contributed by atoms with E-state index in [1.165, 1.54) is 4.90 Å². The Balaban J connectivity index is 2.89. The first-order valence-corrected chi connectivity index (χ1v) is 8.98. The number of carboxylic acids is 1. The maximum absolute atomic E-state index is 12.9. The van der Waals surface area contributed by atoms with Crippen LogP contribution < -0.4 is 4.72 Å². The molecule has 1 unspecified atom stereocenters. The number of aliphatic carboxylic acids is 1. The van der Waals surface area contributed by atoms with Gasteiger partial charge in [0, 0.05) is 13.1 Å². The van der Waals surface area contributed by atoms with Crippen molar-refractivity contribution in [2.45, 2.75) is 37.6 Å². The molecule has 1 rings (SSSR count). The summed E-state index contributed by atoms with van der Waals surface area (Å²) in [5.74, 6) is -2.10. The van der Waals surface area contributed by atoms with Crippen molar-refractivity contribution < 1.29 is 27.5 Å². The maximum atomic E-state index is 12.9. The van der Waals surface area contributed by atoms with Gasteiger partial charge in [-0.15, -0.1) is 0 Å². The molecule has 0 saturated carbocycles. The molecule has 0 fully saturated rings. The molecule has 0 aliphatic heterocycles. The first kappa shape index (κ1) is 20.0. The third-order valence-corrected chi connectivity index (χ3v) is 4.90. The van der Waals surface area contributed by atoms with E-state index in [4.69, 9.17) is 5.11 Å². The van der Waals surface area contributed by atoms with E-state index in [-0.39, 0.29) is 30.8 Å². The van der Waals surface area contributed by atoms with E-state index in [1.807, 2.05) is 0 Å². The number of amides is 1. The molecule has 1 aromatic rings. The van der Waals surface area contributed by atoms with E-state index < -0.39 is 33.8 Å². The molecular formula is C15H21FN2O5S. The molecule has 1 aromatic carbocycles. The Bertz CT molecular complexity index is 676. The molecule has 0 radical (unpaired) electrons. The molecule has 7 nitrogen and oxygen atoms in total. The predicted molar refractivity (Wildman–Crippen MR) is 85.3 cm³/mol. The van der Waals surface area contributed by atoms with E-state index in [2.05, 4.69) is 4.72 Å². The fourth-order valence-corrected chi connectivity index (χ4v) is 3.33. The van der Waals surface area contributed by atoms with Crippen molar-refractivity contribution in [3.63, 3.8) is 0 Å². The van der Waals surface area contributed by atoms with Crippen molar-refractivity contribution in [1.29, 1.82) is 0 Å². The lowest BCUT2D eigenvalue weighted by Crippen LogP contribution is -2.48. The minimum atomic E-state index is -3.99. The van der Waals surface area contributed by atoms with Crippen LogP contribution >= 0.6 is 0 Å². The molecule has 0 aliphatic carbocycles. The van der Waals surface area contributed by atoms with Crippen molar-refractivity contribution in [3.05, 3.63) is 30.1 Å². The van der Waals surface area contributed by atoms with Crippen molar-refractivity contribution >= 4 is 21.9 Å². The van der Waals surface area contributed by atoms with E-state index in [9.17, 15) is 22.4 Å². The van der Waals surface area contributed by atoms with Crippen molar-refractivity contribution in [3.8, 4) is 0 Å². The molecule has 0 heterocycles. The van der Waals surface area contributed by atoms with Crippen LogP contribution in [0.1, 0.15) is 26.7 Å². The van der Waals surface area contributed by atoms with Gasteiger partial charge in [-0.05, 0) is 37.6 Å². The summed E-state index contributed by atoms with van der Waals surface area (Å²) in [7, 11) is -3.99. The number of halogens is 1. The van der Waals surface area contributed by atoms with Gasteiger partial charge in [0.2, 0.25) is 15.9 Å². The number of nitrogens with one attached hydrogen (secondary N) is 1. The summed E-state index contributed by atoms with van der Waals surface area (Å²) >= 11 is 0. The molecule has 24 heavy (non-hydrogen) atoms. The highest BCUT2D eigenvalue weighted by Crippen LogP contribution is 2.12. The van der Waals surface area contributed by atoms with Gasteiger partial charge in [-0.3, -0.25) is 9.59 Å². The normalized spacial score (nSPS) is 12.6. The Morgan fingerprint density at radius 1 is 1.25 bits per heavy atom. The van der Waals surface area contributed by atoms with E-state index >= 15 is 0 Å². The van der Waals surface area contributed by atoms with Crippen LogP contribution in [-0.4, -0.2) is 49.4 Å². The Hall–Kier alpha value is -2.00. The van der Waals surface area contributed by atoms with Gasteiger partial charge in [0.25, 0.3) is 0 Å². The highest BCUT2D eigenvalue weighted by atomic mass is 32.2. The van der Waals surface area contributed by atoms with Crippen LogP contribution in [-0.2, 0) is 19.6 Å². The van der Waals surface area contributed by atoms with Gasteiger partial charge in [-0.25, -0.2) is 12.8 Å². The smallest absolute Gasteiger partial charge is 0.305 e. The fraction of sp³-hybridized carbons (Fsp3) is 0.467. The Morgan fingerprint density at radius 2 is 1.83 bits per heavy atom. The zero-order valence-corrected chi connectivity index (χ0v) is 14.3. The highest BCUT2D eigenvalue weighted by molar-refractivity contribution is 7.89. The Kier molecular flexibility index (Phi) is 7.30. The third-order valence-electron chi connectivity index (χ3n) is 3.42. The zero-order valence-electron chi connectivity index (χ0n) is 13.5. The summed E-state index contributed by atoms with van der Waals surface area (Å²) in [5.41, 5.74) is 0. The molecule has 0 aromatic heterocycles. The van der Waals surface area contributed by atoms with Gasteiger partial charge in [0.1, 0.15) is 11.9 Å². The lowest BCUT2D eigenvalue weighted by atomic mass is 10.2. The number of carbonyl (C=O) groups is 2. The SMILES string of the molecule is CCC(NS(=O)(=O)c1ccc(F)cc1)C(=O)N(CC)CCC(=O)O.